The van der Waals surface area contributed by atoms with E-state index in [1.165, 1.54) is 24.0 Å². The van der Waals surface area contributed by atoms with Crippen LogP contribution in [0, 0.1) is 20.8 Å². The molecule has 0 aliphatic heterocycles. The number of carbonyl (C=O) groups is 1. The first-order valence-electron chi connectivity index (χ1n) is 8.63. The van der Waals surface area contributed by atoms with E-state index in [0.717, 1.165) is 22.5 Å². The minimum Gasteiger partial charge on any atom is -0.396 e. The molecule has 0 heterocycles. The molecular weight excluding hydrogens is 298 g/mol. The molecule has 1 amide bonds. The normalized spacial score (nSPS) is 13.8. The van der Waals surface area contributed by atoms with Crippen LogP contribution >= 0.6 is 0 Å². The molecule has 2 aromatic rings. The molecule has 3 heteroatoms. The maximum absolute atomic E-state index is 12.8. The fourth-order valence-corrected chi connectivity index (χ4v) is 3.46. The predicted octanol–water partition coefficient (Wildman–Crippen LogP) is 4.54. The van der Waals surface area contributed by atoms with Crippen LogP contribution in [-0.2, 0) is 4.79 Å². The zero-order valence-corrected chi connectivity index (χ0v) is 14.7. The first-order chi connectivity index (χ1) is 11.5. The molecule has 24 heavy (non-hydrogen) atoms. The molecule has 126 valence electrons. The Morgan fingerprint density at radius 2 is 1.79 bits per heavy atom. The van der Waals surface area contributed by atoms with Gasteiger partial charge in [-0.05, 0) is 68.4 Å². The number of benzene rings is 2. The molecule has 0 bridgehead atoms. The molecule has 3 nitrogen and oxygen atoms in total. The number of aliphatic hydroxyl groups excluding tert-OH is 1. The summed E-state index contributed by atoms with van der Waals surface area (Å²) < 4.78 is 0. The molecule has 0 unspecified atom stereocenters. The molecule has 0 aromatic heterocycles. The van der Waals surface area contributed by atoms with Crippen molar-refractivity contribution >= 4 is 17.3 Å². The van der Waals surface area contributed by atoms with Crippen LogP contribution in [0.4, 0.5) is 11.4 Å². The standard InChI is InChI=1S/C21H25NO2/c1-14-11-15(2)21(16(3)12-14)22(20(24)9-10-23)19-6-4-5-18(13-19)17-7-8-17/h4-6,11-13,17,23H,7-10H2,1-3H3. The minimum absolute atomic E-state index is 0.0690. The van der Waals surface area contributed by atoms with Gasteiger partial charge in [0.15, 0.2) is 0 Å². The number of rotatable bonds is 5. The fourth-order valence-electron chi connectivity index (χ4n) is 3.46. The molecule has 0 saturated heterocycles. The highest BCUT2D eigenvalue weighted by Gasteiger charge is 2.26. The number of nitrogens with zero attached hydrogens (tertiary/aromatic N) is 1. The monoisotopic (exact) mass is 323 g/mol. The van der Waals surface area contributed by atoms with Gasteiger partial charge in [-0.1, -0.05) is 29.8 Å². The molecule has 1 N–H and O–H groups in total. The van der Waals surface area contributed by atoms with Gasteiger partial charge in [0.05, 0.1) is 18.7 Å². The van der Waals surface area contributed by atoms with E-state index in [9.17, 15) is 9.90 Å². The van der Waals surface area contributed by atoms with Gasteiger partial charge >= 0.3 is 0 Å². The molecule has 0 atom stereocenters. The van der Waals surface area contributed by atoms with Gasteiger partial charge < -0.3 is 5.11 Å². The number of carbonyl (C=O) groups excluding carboxylic acids is 1. The van der Waals surface area contributed by atoms with Gasteiger partial charge in [-0.25, -0.2) is 0 Å². The van der Waals surface area contributed by atoms with Gasteiger partial charge in [0.1, 0.15) is 0 Å². The van der Waals surface area contributed by atoms with Crippen LogP contribution in [0.2, 0.25) is 0 Å². The van der Waals surface area contributed by atoms with Gasteiger partial charge in [-0.15, -0.1) is 0 Å². The van der Waals surface area contributed by atoms with Gasteiger partial charge in [0, 0.05) is 5.69 Å². The van der Waals surface area contributed by atoms with Crippen LogP contribution in [0.5, 0.6) is 0 Å². The van der Waals surface area contributed by atoms with E-state index in [1.54, 1.807) is 4.90 Å². The van der Waals surface area contributed by atoms with Crippen molar-refractivity contribution in [3.05, 3.63) is 58.7 Å². The molecule has 2 aromatic carbocycles. The topological polar surface area (TPSA) is 40.5 Å². The van der Waals surface area contributed by atoms with E-state index in [1.807, 2.05) is 26.0 Å². The smallest absolute Gasteiger partial charge is 0.233 e. The summed E-state index contributed by atoms with van der Waals surface area (Å²) >= 11 is 0. The largest absolute Gasteiger partial charge is 0.396 e. The molecule has 1 aliphatic carbocycles. The lowest BCUT2D eigenvalue weighted by molar-refractivity contribution is -0.118. The third-order valence-corrected chi connectivity index (χ3v) is 4.61. The average Bonchev–Trinajstić information content (AvgIpc) is 3.35. The third-order valence-electron chi connectivity index (χ3n) is 4.61. The Kier molecular flexibility index (Phi) is 4.72. The number of anilines is 2. The van der Waals surface area contributed by atoms with E-state index in [-0.39, 0.29) is 18.9 Å². The number of aliphatic hydroxyl groups is 1. The van der Waals surface area contributed by atoms with Crippen LogP contribution in [0.1, 0.15) is 47.4 Å². The summed E-state index contributed by atoms with van der Waals surface area (Å²) in [4.78, 5) is 14.6. The van der Waals surface area contributed by atoms with Crippen molar-refractivity contribution < 1.29 is 9.90 Å². The molecule has 1 saturated carbocycles. The summed E-state index contributed by atoms with van der Waals surface area (Å²) in [6.45, 7) is 6.01. The highest BCUT2D eigenvalue weighted by atomic mass is 16.3. The minimum atomic E-state index is -0.137. The summed E-state index contributed by atoms with van der Waals surface area (Å²) in [5.41, 5.74) is 6.48. The molecule has 1 fully saturated rings. The van der Waals surface area contributed by atoms with E-state index in [0.29, 0.717) is 5.92 Å². The van der Waals surface area contributed by atoms with Gasteiger partial charge in [-0.2, -0.15) is 0 Å². The molecular formula is C21H25NO2. The van der Waals surface area contributed by atoms with Crippen molar-refractivity contribution in [2.45, 2.75) is 46.0 Å². The predicted molar refractivity (Wildman–Crippen MR) is 97.9 cm³/mol. The maximum atomic E-state index is 12.8. The molecule has 1 aliphatic rings. The summed E-state index contributed by atoms with van der Waals surface area (Å²) in [6.07, 6.45) is 2.59. The quantitative estimate of drug-likeness (QED) is 0.878. The second kappa shape index (κ2) is 6.78. The Morgan fingerprint density at radius 3 is 2.38 bits per heavy atom. The van der Waals surface area contributed by atoms with Gasteiger partial charge in [0.25, 0.3) is 0 Å². The summed E-state index contributed by atoms with van der Waals surface area (Å²) in [5.74, 6) is 0.570. The van der Waals surface area contributed by atoms with Crippen LogP contribution in [-0.4, -0.2) is 17.6 Å². The Hall–Kier alpha value is -2.13. The van der Waals surface area contributed by atoms with Crippen molar-refractivity contribution in [1.29, 1.82) is 0 Å². The van der Waals surface area contributed by atoms with Crippen molar-refractivity contribution in [3.63, 3.8) is 0 Å². The lowest BCUT2D eigenvalue weighted by Gasteiger charge is -2.27. The van der Waals surface area contributed by atoms with Gasteiger partial charge in [0.2, 0.25) is 5.91 Å². The second-order valence-corrected chi connectivity index (χ2v) is 6.82. The van der Waals surface area contributed by atoms with Crippen LogP contribution in [0.25, 0.3) is 0 Å². The van der Waals surface area contributed by atoms with E-state index >= 15 is 0 Å². The average molecular weight is 323 g/mol. The summed E-state index contributed by atoms with van der Waals surface area (Å²) in [6, 6.07) is 12.5. The first-order valence-corrected chi connectivity index (χ1v) is 8.63. The second-order valence-electron chi connectivity index (χ2n) is 6.82. The zero-order chi connectivity index (χ0) is 17.3. The van der Waals surface area contributed by atoms with Crippen molar-refractivity contribution in [1.82, 2.24) is 0 Å². The number of hydrogen-bond donors (Lipinski definition) is 1. The highest BCUT2D eigenvalue weighted by Crippen LogP contribution is 2.42. The Bertz CT molecular complexity index is 739. The highest BCUT2D eigenvalue weighted by molar-refractivity contribution is 6.02. The molecule has 0 radical (unpaired) electrons. The van der Waals surface area contributed by atoms with Crippen molar-refractivity contribution in [3.8, 4) is 0 Å². The lowest BCUT2D eigenvalue weighted by atomic mass is 10.0. The number of hydrogen-bond acceptors (Lipinski definition) is 2. The SMILES string of the molecule is Cc1cc(C)c(N(C(=O)CCO)c2cccc(C3CC3)c2)c(C)c1. The van der Waals surface area contributed by atoms with Crippen molar-refractivity contribution in [2.75, 3.05) is 11.5 Å². The number of aryl methyl sites for hydroxylation is 3. The fraction of sp³-hybridized carbons (Fsp3) is 0.381. The van der Waals surface area contributed by atoms with Crippen LogP contribution < -0.4 is 4.90 Å². The molecule has 0 spiro atoms. The summed E-state index contributed by atoms with van der Waals surface area (Å²) in [5, 5.41) is 9.27. The van der Waals surface area contributed by atoms with Gasteiger partial charge in [-0.3, -0.25) is 9.69 Å². The zero-order valence-electron chi connectivity index (χ0n) is 14.7. The van der Waals surface area contributed by atoms with E-state index in [4.69, 9.17) is 0 Å². The Labute approximate surface area is 143 Å². The number of amides is 1. The third kappa shape index (κ3) is 3.36. The van der Waals surface area contributed by atoms with Crippen LogP contribution in [0.15, 0.2) is 36.4 Å². The maximum Gasteiger partial charge on any atom is 0.233 e. The lowest BCUT2D eigenvalue weighted by Crippen LogP contribution is -2.28. The molecule has 3 rings (SSSR count). The first kappa shape index (κ1) is 16.7. The Balaban J connectivity index is 2.10. The summed E-state index contributed by atoms with van der Waals surface area (Å²) in [7, 11) is 0. The Morgan fingerprint density at radius 1 is 1.12 bits per heavy atom. The van der Waals surface area contributed by atoms with Crippen molar-refractivity contribution in [2.24, 2.45) is 0 Å². The van der Waals surface area contributed by atoms with E-state index < -0.39 is 0 Å². The van der Waals surface area contributed by atoms with E-state index in [2.05, 4.69) is 31.2 Å². The van der Waals surface area contributed by atoms with Crippen LogP contribution in [0.3, 0.4) is 0 Å².